The summed E-state index contributed by atoms with van der Waals surface area (Å²) in [6.45, 7) is 12.6. The minimum absolute atomic E-state index is 0.221. The van der Waals surface area contributed by atoms with Gasteiger partial charge in [-0.2, -0.15) is 0 Å². The van der Waals surface area contributed by atoms with E-state index < -0.39 is 0 Å². The summed E-state index contributed by atoms with van der Waals surface area (Å²) < 4.78 is 0. The average Bonchev–Trinajstić information content (AvgIpc) is 2.15. The van der Waals surface area contributed by atoms with Crippen molar-refractivity contribution in [3.8, 4) is 0 Å². The van der Waals surface area contributed by atoms with Crippen LogP contribution in [0.25, 0.3) is 11.6 Å². The van der Waals surface area contributed by atoms with E-state index in [-0.39, 0.29) is 5.41 Å². The van der Waals surface area contributed by atoms with Crippen molar-refractivity contribution in [3.05, 3.63) is 48.0 Å². The van der Waals surface area contributed by atoms with Crippen LogP contribution in [-0.2, 0) is 0 Å². The van der Waals surface area contributed by atoms with Gasteiger partial charge in [0.05, 0.1) is 0 Å². The van der Waals surface area contributed by atoms with Crippen molar-refractivity contribution in [3.63, 3.8) is 0 Å². The van der Waals surface area contributed by atoms with Crippen LogP contribution >= 0.6 is 0 Å². The lowest BCUT2D eigenvalue weighted by molar-refractivity contribution is 0.545. The first kappa shape index (κ1) is 11.8. The second-order valence-electron chi connectivity index (χ2n) is 4.98. The summed E-state index contributed by atoms with van der Waals surface area (Å²) in [7, 11) is 0. The van der Waals surface area contributed by atoms with Crippen molar-refractivity contribution in [1.82, 2.24) is 0 Å². The maximum atomic E-state index is 3.84. The first-order valence-corrected chi connectivity index (χ1v) is 5.35. The Morgan fingerprint density at radius 1 is 1.20 bits per heavy atom. The molecular weight excluding hydrogens is 180 g/mol. The zero-order valence-electron chi connectivity index (χ0n) is 10.2. The largest absolute Gasteiger partial charge is 0.0984 e. The molecule has 0 aliphatic heterocycles. The van der Waals surface area contributed by atoms with E-state index in [2.05, 4.69) is 58.5 Å². The molecule has 0 heteroatoms. The SMILES string of the molecule is C=Cc1ccccc1/C(C)=C\C(C)(C)C. The number of benzene rings is 1. The highest BCUT2D eigenvalue weighted by molar-refractivity contribution is 5.72. The lowest BCUT2D eigenvalue weighted by Crippen LogP contribution is -2.00. The highest BCUT2D eigenvalue weighted by Crippen LogP contribution is 2.25. The predicted molar refractivity (Wildman–Crippen MR) is 69.6 cm³/mol. The third-order valence-corrected chi connectivity index (χ3v) is 2.26. The number of allylic oxidation sites excluding steroid dienone is 2. The van der Waals surface area contributed by atoms with Crippen molar-refractivity contribution in [2.24, 2.45) is 5.41 Å². The summed E-state index contributed by atoms with van der Waals surface area (Å²) in [4.78, 5) is 0. The van der Waals surface area contributed by atoms with E-state index in [1.165, 1.54) is 16.7 Å². The van der Waals surface area contributed by atoms with Crippen LogP contribution in [0.15, 0.2) is 36.9 Å². The highest BCUT2D eigenvalue weighted by Gasteiger charge is 2.08. The van der Waals surface area contributed by atoms with Gasteiger partial charge < -0.3 is 0 Å². The van der Waals surface area contributed by atoms with Gasteiger partial charge in [-0.15, -0.1) is 0 Å². The zero-order chi connectivity index (χ0) is 11.5. The molecule has 0 spiro atoms. The summed E-state index contributed by atoms with van der Waals surface area (Å²) >= 11 is 0. The topological polar surface area (TPSA) is 0 Å². The van der Waals surface area contributed by atoms with E-state index >= 15 is 0 Å². The third kappa shape index (κ3) is 3.39. The Morgan fingerprint density at radius 3 is 2.33 bits per heavy atom. The van der Waals surface area contributed by atoms with Crippen molar-refractivity contribution in [1.29, 1.82) is 0 Å². The lowest BCUT2D eigenvalue weighted by atomic mass is 9.90. The molecule has 0 atom stereocenters. The van der Waals surface area contributed by atoms with Crippen LogP contribution in [0.1, 0.15) is 38.8 Å². The Morgan fingerprint density at radius 2 is 1.80 bits per heavy atom. The minimum atomic E-state index is 0.221. The molecule has 0 bridgehead atoms. The second-order valence-corrected chi connectivity index (χ2v) is 4.98. The summed E-state index contributed by atoms with van der Waals surface area (Å²) in [5.41, 5.74) is 4.02. The van der Waals surface area contributed by atoms with Gasteiger partial charge >= 0.3 is 0 Å². The molecule has 0 aliphatic rings. The first-order chi connectivity index (χ1) is 6.94. The summed E-state index contributed by atoms with van der Waals surface area (Å²) in [6.07, 6.45) is 4.21. The van der Waals surface area contributed by atoms with Crippen LogP contribution in [0.4, 0.5) is 0 Å². The maximum absolute atomic E-state index is 3.84. The van der Waals surface area contributed by atoms with Crippen LogP contribution in [0, 0.1) is 5.41 Å². The summed E-state index contributed by atoms with van der Waals surface area (Å²) in [6, 6.07) is 8.37. The Kier molecular flexibility index (Phi) is 3.52. The van der Waals surface area contributed by atoms with Crippen molar-refractivity contribution >= 4 is 11.6 Å². The van der Waals surface area contributed by atoms with Crippen LogP contribution < -0.4 is 0 Å². The number of rotatable bonds is 2. The van der Waals surface area contributed by atoms with Crippen LogP contribution in [0.3, 0.4) is 0 Å². The molecule has 0 fully saturated rings. The molecule has 0 nitrogen and oxygen atoms in total. The van der Waals surface area contributed by atoms with Crippen LogP contribution in [0.5, 0.6) is 0 Å². The minimum Gasteiger partial charge on any atom is -0.0984 e. The van der Waals surface area contributed by atoms with Gasteiger partial charge in [-0.1, -0.05) is 63.8 Å². The Bertz CT molecular complexity index is 375. The van der Waals surface area contributed by atoms with Gasteiger partial charge in [0.15, 0.2) is 0 Å². The summed E-state index contributed by atoms with van der Waals surface area (Å²) in [5.74, 6) is 0. The molecule has 0 aliphatic carbocycles. The predicted octanol–water partition coefficient (Wildman–Crippen LogP) is 4.78. The third-order valence-electron chi connectivity index (χ3n) is 2.26. The highest BCUT2D eigenvalue weighted by atomic mass is 14.1. The molecule has 0 heterocycles. The van der Waals surface area contributed by atoms with E-state index in [0.29, 0.717) is 0 Å². The van der Waals surface area contributed by atoms with Gasteiger partial charge in [-0.3, -0.25) is 0 Å². The monoisotopic (exact) mass is 200 g/mol. The fourth-order valence-electron chi connectivity index (χ4n) is 1.76. The Hall–Kier alpha value is -1.30. The van der Waals surface area contributed by atoms with E-state index in [4.69, 9.17) is 0 Å². The van der Waals surface area contributed by atoms with E-state index in [9.17, 15) is 0 Å². The van der Waals surface area contributed by atoms with Gasteiger partial charge in [-0.05, 0) is 29.0 Å². The standard InChI is InChI=1S/C15H20/c1-6-13-9-7-8-10-14(13)12(2)11-15(3,4)5/h6-11H,1H2,2-5H3/b12-11-. The molecule has 0 saturated carbocycles. The summed E-state index contributed by atoms with van der Waals surface area (Å²) in [5, 5.41) is 0. The molecule has 0 amide bonds. The maximum Gasteiger partial charge on any atom is -0.0158 e. The molecule has 1 rings (SSSR count). The fourth-order valence-corrected chi connectivity index (χ4v) is 1.76. The van der Waals surface area contributed by atoms with Gasteiger partial charge in [-0.25, -0.2) is 0 Å². The van der Waals surface area contributed by atoms with Gasteiger partial charge in [0.1, 0.15) is 0 Å². The van der Waals surface area contributed by atoms with E-state index in [1.807, 2.05) is 12.1 Å². The van der Waals surface area contributed by atoms with E-state index in [1.54, 1.807) is 0 Å². The van der Waals surface area contributed by atoms with E-state index in [0.717, 1.165) is 0 Å². The van der Waals surface area contributed by atoms with Crippen LogP contribution in [0.2, 0.25) is 0 Å². The van der Waals surface area contributed by atoms with Gasteiger partial charge in [0.25, 0.3) is 0 Å². The van der Waals surface area contributed by atoms with Crippen molar-refractivity contribution in [2.75, 3.05) is 0 Å². The molecular formula is C15H20. The number of hydrogen-bond donors (Lipinski definition) is 0. The molecule has 15 heavy (non-hydrogen) atoms. The van der Waals surface area contributed by atoms with Gasteiger partial charge in [0, 0.05) is 0 Å². The fraction of sp³-hybridized carbons (Fsp3) is 0.333. The molecule has 0 saturated heterocycles. The zero-order valence-corrected chi connectivity index (χ0v) is 10.2. The number of hydrogen-bond acceptors (Lipinski definition) is 0. The van der Waals surface area contributed by atoms with Crippen LogP contribution in [-0.4, -0.2) is 0 Å². The van der Waals surface area contributed by atoms with Crippen molar-refractivity contribution < 1.29 is 0 Å². The first-order valence-electron chi connectivity index (χ1n) is 5.35. The molecule has 0 unspecified atom stereocenters. The molecule has 0 aromatic heterocycles. The molecule has 0 radical (unpaired) electrons. The van der Waals surface area contributed by atoms with Crippen molar-refractivity contribution in [2.45, 2.75) is 27.7 Å². The molecule has 1 aromatic rings. The molecule has 0 N–H and O–H groups in total. The Labute approximate surface area is 93.3 Å². The second kappa shape index (κ2) is 4.48. The molecule has 1 aromatic carbocycles. The lowest BCUT2D eigenvalue weighted by Gasteiger charge is -2.15. The Balaban J connectivity index is 3.16. The smallest absolute Gasteiger partial charge is 0.0158 e. The molecule has 80 valence electrons. The quantitative estimate of drug-likeness (QED) is 0.644. The normalized spacial score (nSPS) is 12.7. The van der Waals surface area contributed by atoms with Gasteiger partial charge in [0.2, 0.25) is 0 Å². The average molecular weight is 200 g/mol.